The maximum atomic E-state index is 5.45. The van der Waals surface area contributed by atoms with Crippen LogP contribution in [0.4, 0.5) is 23.1 Å². The van der Waals surface area contributed by atoms with Crippen molar-refractivity contribution in [3.8, 4) is 50.8 Å². The van der Waals surface area contributed by atoms with E-state index in [-0.39, 0.29) is 0 Å². The molecule has 59 heavy (non-hydrogen) atoms. The second-order valence-electron chi connectivity index (χ2n) is 14.5. The number of hydrogen-bond donors (Lipinski definition) is 0. The van der Waals surface area contributed by atoms with E-state index in [1.54, 1.807) is 0 Å². The molecular formula is C52H35N7. The normalized spacial score (nSPS) is 12.1. The molecule has 1 aliphatic heterocycles. The molecule has 0 radical (unpaired) electrons. The van der Waals surface area contributed by atoms with Crippen LogP contribution < -0.4 is 4.90 Å². The second-order valence-corrected chi connectivity index (χ2v) is 14.5. The van der Waals surface area contributed by atoms with Gasteiger partial charge in [-0.1, -0.05) is 146 Å². The highest BCUT2D eigenvalue weighted by Crippen LogP contribution is 2.53. The van der Waals surface area contributed by atoms with Crippen molar-refractivity contribution in [1.29, 1.82) is 0 Å². The Kier molecular flexibility index (Phi) is 8.05. The average molecular weight is 758 g/mol. The summed E-state index contributed by atoms with van der Waals surface area (Å²) < 4.78 is 2.21. The van der Waals surface area contributed by atoms with Gasteiger partial charge in [-0.25, -0.2) is 15.0 Å². The van der Waals surface area contributed by atoms with Gasteiger partial charge < -0.3 is 0 Å². The van der Waals surface area contributed by atoms with E-state index >= 15 is 0 Å². The van der Waals surface area contributed by atoms with Gasteiger partial charge in [0.15, 0.2) is 11.6 Å². The molecule has 0 spiro atoms. The number of anilines is 3. The number of nitrogens with zero attached hydrogens (tertiary/aromatic N) is 7. The summed E-state index contributed by atoms with van der Waals surface area (Å²) in [5, 5.41) is 4.36. The fourth-order valence-corrected chi connectivity index (χ4v) is 8.57. The fraction of sp³-hybridized carbons (Fsp3) is 0.0192. The van der Waals surface area contributed by atoms with E-state index in [1.165, 1.54) is 0 Å². The van der Waals surface area contributed by atoms with E-state index in [2.05, 4.69) is 125 Å². The fourth-order valence-electron chi connectivity index (χ4n) is 8.57. The smallest absolute Gasteiger partial charge is 0.238 e. The third-order valence-corrected chi connectivity index (χ3v) is 11.1. The zero-order chi connectivity index (χ0) is 39.5. The zero-order valence-corrected chi connectivity index (χ0v) is 32.2. The van der Waals surface area contributed by atoms with Gasteiger partial charge in [0.25, 0.3) is 0 Å². The molecule has 278 valence electrons. The van der Waals surface area contributed by atoms with E-state index in [0.717, 1.165) is 94.5 Å². The maximum Gasteiger partial charge on any atom is 0.238 e. The number of aliphatic imine (C=N–C) groups is 1. The number of benzene rings is 7. The molecule has 0 N–H and O–H groups in total. The Morgan fingerprint density at radius 2 is 1.17 bits per heavy atom. The number of pyridine rings is 1. The Bertz CT molecular complexity index is 3240. The van der Waals surface area contributed by atoms with Crippen molar-refractivity contribution in [2.24, 2.45) is 4.99 Å². The Morgan fingerprint density at radius 3 is 1.88 bits per heavy atom. The number of fused-ring (bicyclic) bond motifs is 5. The van der Waals surface area contributed by atoms with Crippen molar-refractivity contribution in [3.05, 3.63) is 182 Å². The molecule has 0 bridgehead atoms. The molecule has 4 heterocycles. The predicted octanol–water partition coefficient (Wildman–Crippen LogP) is 13.3. The van der Waals surface area contributed by atoms with E-state index in [0.29, 0.717) is 17.6 Å². The first-order chi connectivity index (χ1) is 29.2. The van der Waals surface area contributed by atoms with Crippen LogP contribution in [0.2, 0.25) is 0 Å². The molecule has 0 amide bonds. The lowest BCUT2D eigenvalue weighted by atomic mass is 9.88. The number of para-hydroxylation sites is 2. The number of hydrogen-bond acceptors (Lipinski definition) is 6. The summed E-state index contributed by atoms with van der Waals surface area (Å²) in [7, 11) is 0. The summed E-state index contributed by atoms with van der Waals surface area (Å²) >= 11 is 0. The highest BCUT2D eigenvalue weighted by molar-refractivity contribution is 6.21. The van der Waals surface area contributed by atoms with Crippen LogP contribution in [0.1, 0.15) is 12.5 Å². The van der Waals surface area contributed by atoms with Gasteiger partial charge in [0.05, 0.1) is 28.1 Å². The quantitative estimate of drug-likeness (QED) is 0.120. The van der Waals surface area contributed by atoms with E-state index in [4.69, 9.17) is 24.9 Å². The largest absolute Gasteiger partial charge is 0.294 e. The molecule has 3 aromatic heterocycles. The highest BCUT2D eigenvalue weighted by atomic mass is 15.3. The Hall–Kier alpha value is -8.03. The molecule has 1 aliphatic rings. The first-order valence-electron chi connectivity index (χ1n) is 19.7. The van der Waals surface area contributed by atoms with Crippen LogP contribution >= 0.6 is 0 Å². The van der Waals surface area contributed by atoms with Crippen LogP contribution in [0.3, 0.4) is 0 Å². The summed E-state index contributed by atoms with van der Waals surface area (Å²) in [5.74, 6) is 2.58. The average Bonchev–Trinajstić information content (AvgIpc) is 3.62. The highest BCUT2D eigenvalue weighted by Gasteiger charge is 2.32. The summed E-state index contributed by atoms with van der Waals surface area (Å²) in [4.78, 5) is 28.0. The maximum absolute atomic E-state index is 5.45. The van der Waals surface area contributed by atoms with Gasteiger partial charge in [-0.05, 0) is 59.8 Å². The van der Waals surface area contributed by atoms with Gasteiger partial charge in [0, 0.05) is 50.3 Å². The van der Waals surface area contributed by atoms with E-state index < -0.39 is 0 Å². The lowest BCUT2D eigenvalue weighted by molar-refractivity contribution is 1.02. The summed E-state index contributed by atoms with van der Waals surface area (Å²) in [6.45, 7) is 6.08. The molecule has 0 aliphatic carbocycles. The summed E-state index contributed by atoms with van der Waals surface area (Å²) in [6, 6.07) is 58.6. The summed E-state index contributed by atoms with van der Waals surface area (Å²) in [5.41, 5.74) is 11.8. The first kappa shape index (κ1) is 34.2. The van der Waals surface area contributed by atoms with Crippen molar-refractivity contribution in [3.63, 3.8) is 0 Å². The molecule has 0 saturated heterocycles. The molecule has 0 saturated carbocycles. The molecular weight excluding hydrogens is 723 g/mol. The van der Waals surface area contributed by atoms with E-state index in [1.807, 2.05) is 79.9 Å². The third-order valence-electron chi connectivity index (χ3n) is 11.1. The Labute approximate surface area is 341 Å². The van der Waals surface area contributed by atoms with Crippen LogP contribution in [0, 0.1) is 0 Å². The topological polar surface area (TPSA) is 72.1 Å². The first-order valence-corrected chi connectivity index (χ1v) is 19.7. The van der Waals surface area contributed by atoms with Gasteiger partial charge in [-0.2, -0.15) is 9.97 Å². The van der Waals surface area contributed by atoms with Crippen molar-refractivity contribution in [2.75, 3.05) is 4.90 Å². The van der Waals surface area contributed by atoms with Crippen LogP contribution in [-0.2, 0) is 0 Å². The summed E-state index contributed by atoms with van der Waals surface area (Å²) in [6.07, 6.45) is 3.73. The molecule has 0 fully saturated rings. The SMILES string of the molecule is C=Cc1c(/N=C\C)n(-c2ccc(-c3cccc4c3-c3nc5ccccc5c5cccc(c35)N4c3nc(-c4ccccc4)nc(-c4ccccc4)n3)cc2)c2ccccc12. The molecule has 11 rings (SSSR count). The van der Waals surface area contributed by atoms with Gasteiger partial charge in [0.1, 0.15) is 5.82 Å². The zero-order valence-electron chi connectivity index (χ0n) is 32.2. The predicted molar refractivity (Wildman–Crippen MR) is 243 cm³/mol. The van der Waals surface area contributed by atoms with Gasteiger partial charge in [0.2, 0.25) is 5.95 Å². The van der Waals surface area contributed by atoms with Crippen molar-refractivity contribution in [1.82, 2.24) is 24.5 Å². The van der Waals surface area contributed by atoms with Crippen molar-refractivity contribution in [2.45, 2.75) is 6.92 Å². The molecule has 7 heteroatoms. The van der Waals surface area contributed by atoms with Crippen LogP contribution in [0.5, 0.6) is 0 Å². The minimum absolute atomic E-state index is 0.527. The molecule has 0 unspecified atom stereocenters. The van der Waals surface area contributed by atoms with E-state index in [9.17, 15) is 0 Å². The Morgan fingerprint density at radius 1 is 0.542 bits per heavy atom. The van der Waals surface area contributed by atoms with Gasteiger partial charge >= 0.3 is 0 Å². The lowest BCUT2D eigenvalue weighted by Gasteiger charge is -2.33. The number of rotatable bonds is 7. The number of aromatic nitrogens is 5. The molecule has 0 atom stereocenters. The van der Waals surface area contributed by atoms with Crippen molar-refractivity contribution < 1.29 is 0 Å². The second kappa shape index (κ2) is 13.9. The molecule has 7 nitrogen and oxygen atoms in total. The minimum Gasteiger partial charge on any atom is -0.294 e. The van der Waals surface area contributed by atoms with Crippen molar-refractivity contribution >= 4 is 68.0 Å². The molecule has 10 aromatic rings. The molecule has 7 aromatic carbocycles. The van der Waals surface area contributed by atoms with Gasteiger partial charge in [-0.3, -0.25) is 9.47 Å². The lowest BCUT2D eigenvalue weighted by Crippen LogP contribution is -2.19. The third kappa shape index (κ3) is 5.47. The monoisotopic (exact) mass is 757 g/mol. The van der Waals surface area contributed by atoms with Crippen LogP contribution in [-0.4, -0.2) is 30.7 Å². The van der Waals surface area contributed by atoms with Gasteiger partial charge in [-0.15, -0.1) is 0 Å². The Balaban J connectivity index is 1.17. The standard InChI is InChI=1S/C52H35N7/c1-3-37-40-22-12-14-26-43(40)58(51(37)53-4-2)36-31-29-33(30-32-36)38-23-15-27-44-46(38)48-47-41(39-21-11-13-25-42(39)54-48)24-16-28-45(47)59(44)52-56-49(34-17-7-5-8-18-34)55-50(57-52)35-19-9-6-10-20-35/h3-32H,1H2,2H3/b53-4-. The van der Waals surface area contributed by atoms with Crippen LogP contribution in [0.25, 0.3) is 89.5 Å². The van der Waals surface area contributed by atoms with Crippen LogP contribution in [0.15, 0.2) is 181 Å². The minimum atomic E-state index is 0.527.